The molecule has 11 heavy (non-hydrogen) atoms. The molecular weight excluding hydrogens is 158 g/mol. The maximum atomic E-state index is 5.49. The van der Waals surface area contributed by atoms with Crippen LogP contribution >= 0.6 is 0 Å². The zero-order valence-corrected chi connectivity index (χ0v) is 8.59. The van der Waals surface area contributed by atoms with E-state index in [2.05, 4.69) is 17.7 Å². The molecule has 0 spiro atoms. The molecule has 0 radical (unpaired) electrons. The molecule has 1 rings (SSSR count). The van der Waals surface area contributed by atoms with Gasteiger partial charge in [-0.15, -0.1) is 0 Å². The highest BCUT2D eigenvalue weighted by molar-refractivity contribution is 6.68. The van der Waals surface area contributed by atoms with E-state index in [1.807, 2.05) is 7.11 Å². The summed E-state index contributed by atoms with van der Waals surface area (Å²) in [5.74, 6) is 0. The third-order valence-corrected chi connectivity index (χ3v) is 5.24. The van der Waals surface area contributed by atoms with Gasteiger partial charge in [0.1, 0.15) is 0 Å². The smallest absolute Gasteiger partial charge is 0.264 e. The van der Waals surface area contributed by atoms with E-state index in [1.165, 1.54) is 0 Å². The Kier molecular flexibility index (Phi) is 3.06. The van der Waals surface area contributed by atoms with Crippen LogP contribution in [0.15, 0.2) is 0 Å². The summed E-state index contributed by atoms with van der Waals surface area (Å²) in [6.07, 6.45) is 0. The van der Waals surface area contributed by atoms with Crippen LogP contribution in [0, 0.1) is 0 Å². The van der Waals surface area contributed by atoms with Crippen molar-refractivity contribution in [3.63, 3.8) is 0 Å². The van der Waals surface area contributed by atoms with E-state index in [9.17, 15) is 0 Å². The topological polar surface area (TPSA) is 21.7 Å². The first kappa shape index (κ1) is 9.19. The van der Waals surface area contributed by atoms with Gasteiger partial charge < -0.3 is 9.16 Å². The predicted octanol–water partition coefficient (Wildman–Crippen LogP) is 0.667. The Balaban J connectivity index is 2.43. The Hall–Kier alpha value is 0.0969. The van der Waals surface area contributed by atoms with Crippen LogP contribution in [0.25, 0.3) is 0 Å². The van der Waals surface area contributed by atoms with E-state index in [4.69, 9.17) is 9.16 Å². The molecule has 0 unspecified atom stereocenters. The van der Waals surface area contributed by atoms with Gasteiger partial charge in [-0.1, -0.05) is 0 Å². The Bertz CT molecular complexity index is 124. The van der Waals surface area contributed by atoms with Crippen LogP contribution in [-0.4, -0.2) is 46.5 Å². The lowest BCUT2D eigenvalue weighted by atomic mass is 10.5. The summed E-state index contributed by atoms with van der Waals surface area (Å²) >= 11 is 0. The molecule has 0 aliphatic carbocycles. The van der Waals surface area contributed by atoms with E-state index in [-0.39, 0.29) is 0 Å². The molecule has 66 valence electrons. The second-order valence-electron chi connectivity index (χ2n) is 3.25. The highest BCUT2D eigenvalue weighted by Gasteiger charge is 2.31. The van der Waals surface area contributed by atoms with Gasteiger partial charge in [-0.3, -0.25) is 4.57 Å². The summed E-state index contributed by atoms with van der Waals surface area (Å²) in [7, 11) is 0.284. The zero-order chi connectivity index (χ0) is 8.32. The Morgan fingerprint density at radius 2 is 1.82 bits per heavy atom. The summed E-state index contributed by atoms with van der Waals surface area (Å²) in [5, 5.41) is 0. The van der Waals surface area contributed by atoms with Gasteiger partial charge in [-0.05, 0) is 13.1 Å². The van der Waals surface area contributed by atoms with Gasteiger partial charge >= 0.3 is 0 Å². The van der Waals surface area contributed by atoms with Crippen molar-refractivity contribution in [3.8, 4) is 0 Å². The quantitative estimate of drug-likeness (QED) is 0.576. The standard InChI is InChI=1S/C7H17NO2Si/c1-9-11(2,3)8-4-6-10-7-5-8/h4-7H2,1-3H3. The van der Waals surface area contributed by atoms with Crippen molar-refractivity contribution in [1.82, 2.24) is 4.57 Å². The van der Waals surface area contributed by atoms with Crippen LogP contribution in [0.4, 0.5) is 0 Å². The second kappa shape index (κ2) is 3.67. The van der Waals surface area contributed by atoms with Gasteiger partial charge in [0.15, 0.2) is 0 Å². The van der Waals surface area contributed by atoms with Crippen molar-refractivity contribution in [1.29, 1.82) is 0 Å². The average Bonchev–Trinajstić information content (AvgIpc) is 2.06. The molecule has 0 aromatic rings. The summed E-state index contributed by atoms with van der Waals surface area (Å²) in [6, 6.07) is 0. The van der Waals surface area contributed by atoms with Crippen molar-refractivity contribution in [2.45, 2.75) is 13.1 Å². The number of nitrogens with zero attached hydrogens (tertiary/aromatic N) is 1. The van der Waals surface area contributed by atoms with Crippen LogP contribution in [0.3, 0.4) is 0 Å². The lowest BCUT2D eigenvalue weighted by Crippen LogP contribution is -2.55. The molecule has 3 nitrogen and oxygen atoms in total. The van der Waals surface area contributed by atoms with E-state index in [1.54, 1.807) is 0 Å². The fourth-order valence-electron chi connectivity index (χ4n) is 1.23. The number of ether oxygens (including phenoxy) is 1. The zero-order valence-electron chi connectivity index (χ0n) is 7.59. The Labute approximate surface area is 69.5 Å². The fourth-order valence-corrected chi connectivity index (χ4v) is 2.75. The third-order valence-electron chi connectivity index (χ3n) is 2.27. The number of hydrogen-bond donors (Lipinski definition) is 0. The molecule has 0 bridgehead atoms. The molecule has 0 N–H and O–H groups in total. The molecule has 0 atom stereocenters. The fraction of sp³-hybridized carbons (Fsp3) is 1.00. The first-order chi connectivity index (χ1) is 5.17. The highest BCUT2D eigenvalue weighted by Crippen LogP contribution is 2.11. The van der Waals surface area contributed by atoms with Crippen LogP contribution < -0.4 is 0 Å². The minimum Gasteiger partial charge on any atom is -0.406 e. The molecule has 1 aliphatic rings. The summed E-state index contributed by atoms with van der Waals surface area (Å²) < 4.78 is 13.2. The van der Waals surface area contributed by atoms with Gasteiger partial charge in [0.2, 0.25) is 0 Å². The second-order valence-corrected chi connectivity index (χ2v) is 7.18. The van der Waals surface area contributed by atoms with Crippen LogP contribution in [0.2, 0.25) is 13.1 Å². The third kappa shape index (κ3) is 2.26. The van der Waals surface area contributed by atoms with E-state index < -0.39 is 8.48 Å². The van der Waals surface area contributed by atoms with Crippen molar-refractivity contribution >= 4 is 8.48 Å². The minimum absolute atomic E-state index is 0.861. The molecule has 4 heteroatoms. The number of morpholine rings is 1. The van der Waals surface area contributed by atoms with Gasteiger partial charge in [0.25, 0.3) is 8.48 Å². The van der Waals surface area contributed by atoms with Crippen LogP contribution in [0.1, 0.15) is 0 Å². The van der Waals surface area contributed by atoms with Gasteiger partial charge in [0.05, 0.1) is 13.2 Å². The van der Waals surface area contributed by atoms with Crippen molar-refractivity contribution in [3.05, 3.63) is 0 Å². The van der Waals surface area contributed by atoms with Crippen LogP contribution in [-0.2, 0) is 9.16 Å². The van der Waals surface area contributed by atoms with E-state index in [0.29, 0.717) is 0 Å². The molecule has 0 saturated carbocycles. The maximum Gasteiger partial charge on any atom is 0.264 e. The van der Waals surface area contributed by atoms with Gasteiger partial charge in [-0.25, -0.2) is 0 Å². The predicted molar refractivity (Wildman–Crippen MR) is 46.9 cm³/mol. The maximum absolute atomic E-state index is 5.49. The van der Waals surface area contributed by atoms with Crippen molar-refractivity contribution in [2.24, 2.45) is 0 Å². The highest BCUT2D eigenvalue weighted by atomic mass is 28.4. The Morgan fingerprint density at radius 1 is 1.27 bits per heavy atom. The number of rotatable bonds is 2. The molecule has 1 aliphatic heterocycles. The normalized spacial score (nSPS) is 22.1. The lowest BCUT2D eigenvalue weighted by Gasteiger charge is -2.37. The summed E-state index contributed by atoms with van der Waals surface area (Å²) in [4.78, 5) is 0. The molecule has 1 fully saturated rings. The Morgan fingerprint density at radius 3 is 2.27 bits per heavy atom. The first-order valence-corrected chi connectivity index (χ1v) is 6.90. The summed E-state index contributed by atoms with van der Waals surface area (Å²) in [5.41, 5.74) is 0. The summed E-state index contributed by atoms with van der Waals surface area (Å²) in [6.45, 7) is 8.23. The van der Waals surface area contributed by atoms with Crippen LogP contribution in [0.5, 0.6) is 0 Å². The molecular formula is C7H17NO2Si. The average molecular weight is 175 g/mol. The molecule has 0 aromatic carbocycles. The molecule has 0 aromatic heterocycles. The SMILES string of the molecule is CO[Si](C)(C)N1CCOCC1. The number of hydrogen-bond acceptors (Lipinski definition) is 3. The largest absolute Gasteiger partial charge is 0.406 e. The van der Waals surface area contributed by atoms with E-state index in [0.717, 1.165) is 26.3 Å². The van der Waals surface area contributed by atoms with Crippen molar-refractivity contribution < 1.29 is 9.16 Å². The molecule has 1 saturated heterocycles. The molecule has 0 amide bonds. The van der Waals surface area contributed by atoms with Crippen molar-refractivity contribution in [2.75, 3.05) is 33.4 Å². The first-order valence-electron chi connectivity index (χ1n) is 4.05. The van der Waals surface area contributed by atoms with Gasteiger partial charge in [0, 0.05) is 20.2 Å². The molecule has 1 heterocycles. The van der Waals surface area contributed by atoms with E-state index >= 15 is 0 Å². The monoisotopic (exact) mass is 175 g/mol. The lowest BCUT2D eigenvalue weighted by molar-refractivity contribution is 0.0606. The minimum atomic E-state index is -1.52. The van der Waals surface area contributed by atoms with Gasteiger partial charge in [-0.2, -0.15) is 0 Å².